The first-order valence-corrected chi connectivity index (χ1v) is 21.0. The Hall–Kier alpha value is -2.16. The molecule has 3 N–H and O–H groups in total. The summed E-state index contributed by atoms with van der Waals surface area (Å²) in [6.07, 6.45) is 12.8. The van der Waals surface area contributed by atoms with E-state index in [2.05, 4.69) is 32.9 Å². The van der Waals surface area contributed by atoms with E-state index in [1.54, 1.807) is 13.0 Å². The normalized spacial score (nSPS) is 38.8. The maximum atomic E-state index is 13.1. The molecule has 4 heterocycles. The number of unbranched alkanes of at least 4 members (excludes halogenated alkanes) is 4. The van der Waals surface area contributed by atoms with Gasteiger partial charge < -0.3 is 48.5 Å². The fourth-order valence-electron chi connectivity index (χ4n) is 7.76. The highest BCUT2D eigenvalue weighted by molar-refractivity contribution is 5.82. The van der Waals surface area contributed by atoms with Crippen LogP contribution in [0.5, 0.6) is 0 Å². The second-order valence-electron chi connectivity index (χ2n) is 15.5. The number of methoxy groups -OCH3 is 1. The average molecular weight is 781 g/mol. The number of hydrogen-bond acceptors (Lipinski definition) is 12. The number of aliphatic hydroxyl groups excluding tert-OH is 3. The summed E-state index contributed by atoms with van der Waals surface area (Å²) in [5, 5.41) is 32.2. The van der Waals surface area contributed by atoms with E-state index in [1.165, 1.54) is 13.2 Å². The lowest BCUT2D eigenvalue weighted by Crippen LogP contribution is -2.59. The molecule has 12 nitrogen and oxygen atoms in total. The molecule has 0 aromatic rings. The third-order valence-corrected chi connectivity index (χ3v) is 10.9. The van der Waals surface area contributed by atoms with Crippen molar-refractivity contribution in [1.82, 2.24) is 0 Å². The number of rotatable bonds is 11. The van der Waals surface area contributed by atoms with E-state index in [-0.39, 0.29) is 55.2 Å². The van der Waals surface area contributed by atoms with Crippen LogP contribution in [0.2, 0.25) is 0 Å². The van der Waals surface area contributed by atoms with Crippen molar-refractivity contribution >= 4 is 11.9 Å². The maximum absolute atomic E-state index is 13.1. The van der Waals surface area contributed by atoms with Gasteiger partial charge in [0.25, 0.3) is 0 Å². The topological polar surface area (TPSA) is 159 Å². The van der Waals surface area contributed by atoms with Gasteiger partial charge in [-0.05, 0) is 50.9 Å². The first-order valence-electron chi connectivity index (χ1n) is 21.0. The zero-order valence-electron chi connectivity index (χ0n) is 34.5. The lowest BCUT2D eigenvalue weighted by Gasteiger charge is -2.43. The maximum Gasteiger partial charge on any atom is 0.330 e. The summed E-state index contributed by atoms with van der Waals surface area (Å²) in [5.41, 5.74) is 0. The van der Waals surface area contributed by atoms with Crippen molar-refractivity contribution in [3.05, 3.63) is 36.5 Å². The Morgan fingerprint density at radius 3 is 2.33 bits per heavy atom. The summed E-state index contributed by atoms with van der Waals surface area (Å²) in [6.45, 7) is 11.9. The van der Waals surface area contributed by atoms with Crippen LogP contribution in [0.4, 0.5) is 0 Å². The predicted molar refractivity (Wildman–Crippen MR) is 209 cm³/mol. The average Bonchev–Trinajstić information content (AvgIpc) is 3.53. The highest BCUT2D eigenvalue weighted by Gasteiger charge is 2.45. The van der Waals surface area contributed by atoms with Gasteiger partial charge in [-0.2, -0.15) is 0 Å². The quantitative estimate of drug-likeness (QED) is 0.160. The van der Waals surface area contributed by atoms with Crippen molar-refractivity contribution < 1.29 is 58.1 Å². The number of fused-ring (bicyclic) bond motifs is 4. The molecule has 0 aliphatic carbocycles. The van der Waals surface area contributed by atoms with Crippen LogP contribution in [0.3, 0.4) is 0 Å². The van der Waals surface area contributed by atoms with Crippen LogP contribution in [0, 0.1) is 11.8 Å². The smallest absolute Gasteiger partial charge is 0.330 e. The molecule has 14 atom stereocenters. The van der Waals surface area contributed by atoms with Crippen molar-refractivity contribution in [3.63, 3.8) is 0 Å². The van der Waals surface area contributed by atoms with Crippen molar-refractivity contribution in [1.29, 1.82) is 0 Å². The van der Waals surface area contributed by atoms with Crippen molar-refractivity contribution in [3.8, 4) is 0 Å². The Morgan fingerprint density at radius 2 is 1.58 bits per heavy atom. The van der Waals surface area contributed by atoms with Gasteiger partial charge in [0.15, 0.2) is 6.29 Å². The molecule has 0 radical (unpaired) electrons. The van der Waals surface area contributed by atoms with Gasteiger partial charge in [-0.25, -0.2) is 4.79 Å². The Kier molecular flexibility index (Phi) is 21.7. The first kappa shape index (κ1) is 47.2. The number of hydrogen-bond donors (Lipinski definition) is 3. The summed E-state index contributed by atoms with van der Waals surface area (Å²) in [6, 6.07) is 0. The molecule has 0 aromatic carbocycles. The summed E-state index contributed by atoms with van der Waals surface area (Å²) in [7, 11) is 1.45. The number of ether oxygens (including phenoxy) is 7. The second-order valence-corrected chi connectivity index (χ2v) is 15.5. The summed E-state index contributed by atoms with van der Waals surface area (Å²) in [5.74, 6) is -0.518. The molecule has 0 unspecified atom stereocenters. The molecule has 3 saturated heterocycles. The molecular weight excluding hydrogens is 708 g/mol. The molecule has 4 aliphatic rings. The Bertz CT molecular complexity index is 1190. The van der Waals surface area contributed by atoms with Crippen LogP contribution in [0.25, 0.3) is 0 Å². The van der Waals surface area contributed by atoms with Gasteiger partial charge >= 0.3 is 11.9 Å². The Morgan fingerprint density at radius 1 is 0.836 bits per heavy atom. The molecule has 0 aromatic heterocycles. The molecule has 0 spiro atoms. The zero-order valence-corrected chi connectivity index (χ0v) is 34.5. The van der Waals surface area contributed by atoms with Gasteiger partial charge in [-0.15, -0.1) is 0 Å². The minimum Gasteiger partial charge on any atom is -0.462 e. The van der Waals surface area contributed by atoms with Gasteiger partial charge in [-0.1, -0.05) is 90.7 Å². The number of carbonyl (C=O) groups excluding carboxylic acids is 2. The molecule has 12 heteroatoms. The van der Waals surface area contributed by atoms with Crippen LogP contribution >= 0.6 is 0 Å². The lowest BCUT2D eigenvalue weighted by molar-refractivity contribution is -0.315. The van der Waals surface area contributed by atoms with Gasteiger partial charge in [0.2, 0.25) is 0 Å². The van der Waals surface area contributed by atoms with Crippen molar-refractivity contribution in [2.24, 2.45) is 11.8 Å². The minimum atomic E-state index is -1.16. The fraction of sp³-hybridized carbons (Fsp3) is 0.814. The number of cyclic esters (lactones) is 1. The molecule has 316 valence electrons. The summed E-state index contributed by atoms with van der Waals surface area (Å²) >= 11 is 0. The first-order chi connectivity index (χ1) is 26.5. The van der Waals surface area contributed by atoms with E-state index in [0.717, 1.165) is 38.5 Å². The fourth-order valence-corrected chi connectivity index (χ4v) is 7.76. The molecule has 4 aliphatic heterocycles. The van der Waals surface area contributed by atoms with Crippen molar-refractivity contribution in [2.75, 3.05) is 13.7 Å². The monoisotopic (exact) mass is 781 g/mol. The number of allylic oxidation sites excluding steroid dienone is 3. The van der Waals surface area contributed by atoms with Crippen LogP contribution in [-0.4, -0.2) is 114 Å². The van der Waals surface area contributed by atoms with E-state index >= 15 is 0 Å². The standard InChI is InChI=1S/C41H66O12.C2H6/c1-6-7-8-9-13-18-36(43)48-25-32-24-33(42)35-21-27(3)34(53-35)17-12-10-11-15-26(2)20-30-23-31(22-29(50-30)16-14-19-37(44)51-32)52-41-40(47-5)39(46)38(45)28(4)49-41;1-2/h10-12,14-15,19,26-35,38-42,45-46H,6-9,13,16-18,20-25H2,1-5H3;1-2H3/b12-10-,15-11+,19-14?;/t26-,27-,28-,29-,30+,31+,32-,33-,34-,35-,38-,39+,40+,41-;/m0./s1. The lowest BCUT2D eigenvalue weighted by atomic mass is 9.92. The number of aliphatic hydroxyl groups is 3. The van der Waals surface area contributed by atoms with Gasteiger partial charge in [0.1, 0.15) is 31.0 Å². The largest absolute Gasteiger partial charge is 0.462 e. The number of esters is 2. The third kappa shape index (κ3) is 16.0. The van der Waals surface area contributed by atoms with E-state index < -0.39 is 55.0 Å². The van der Waals surface area contributed by atoms with Crippen LogP contribution in [0.15, 0.2) is 36.5 Å². The third-order valence-electron chi connectivity index (χ3n) is 10.9. The highest BCUT2D eigenvalue weighted by atomic mass is 16.7. The van der Waals surface area contributed by atoms with Gasteiger partial charge in [-0.3, -0.25) is 4.79 Å². The molecular formula is C43H72O12. The summed E-state index contributed by atoms with van der Waals surface area (Å²) < 4.78 is 41.9. The van der Waals surface area contributed by atoms with Crippen molar-refractivity contribution in [2.45, 2.75) is 198 Å². The molecule has 3 fully saturated rings. The van der Waals surface area contributed by atoms with E-state index in [9.17, 15) is 24.9 Å². The van der Waals surface area contributed by atoms with Crippen LogP contribution in [-0.2, 0) is 42.7 Å². The minimum absolute atomic E-state index is 0.0528. The molecule has 4 rings (SSSR count). The van der Waals surface area contributed by atoms with E-state index in [4.69, 9.17) is 33.2 Å². The van der Waals surface area contributed by atoms with Crippen LogP contribution < -0.4 is 0 Å². The van der Waals surface area contributed by atoms with Gasteiger partial charge in [0, 0.05) is 38.9 Å². The van der Waals surface area contributed by atoms with Crippen LogP contribution in [0.1, 0.15) is 125 Å². The number of carbonyl (C=O) groups is 2. The SMILES string of the molecule is CC.CCCCCCCC(=O)OC[C@@H]1C[C@H](O)[C@@H]2C[C@H](C)[C@H](C/C=C\C=C\[C@H](C)C[C@@H]3C[C@H](O[C@@H]4O[C@@H](C)[C@H](O)[C@@H](O)[C@H]4OC)C[C@H](CC=CC(=O)O1)O3)O2. The zero-order chi connectivity index (χ0) is 40.3. The van der Waals surface area contributed by atoms with E-state index in [0.29, 0.717) is 38.5 Å². The highest BCUT2D eigenvalue weighted by Crippen LogP contribution is 2.34. The molecule has 55 heavy (non-hydrogen) atoms. The second kappa shape index (κ2) is 25.3. The molecule has 0 saturated carbocycles. The van der Waals surface area contributed by atoms with E-state index in [1.807, 2.05) is 26.0 Å². The Labute approximate surface area is 329 Å². The Balaban J connectivity index is 0.00000399. The predicted octanol–water partition coefficient (Wildman–Crippen LogP) is 6.28. The summed E-state index contributed by atoms with van der Waals surface area (Å²) in [4.78, 5) is 25.7. The van der Waals surface area contributed by atoms with Gasteiger partial charge in [0.05, 0.1) is 42.7 Å². The molecule has 0 amide bonds. The molecule has 4 bridgehead atoms.